The Hall–Kier alpha value is -5.86. The number of fused-ring (bicyclic) bond motifs is 6. The molecule has 0 saturated carbocycles. The molecule has 0 bridgehead atoms. The Morgan fingerprint density at radius 2 is 0.739 bits per heavy atom. The number of hydrogen-bond acceptors (Lipinski definition) is 2. The van der Waals surface area contributed by atoms with E-state index in [4.69, 9.17) is 0 Å². The summed E-state index contributed by atoms with van der Waals surface area (Å²) in [7, 11) is 4.44. The lowest BCUT2D eigenvalue weighted by Gasteiger charge is -2.36. The molecule has 0 aromatic heterocycles. The van der Waals surface area contributed by atoms with E-state index in [1.54, 1.807) is 0 Å². The van der Waals surface area contributed by atoms with Gasteiger partial charge in [0.2, 0.25) is 0 Å². The maximum absolute atomic E-state index is 2.39. The summed E-state index contributed by atoms with van der Waals surface area (Å²) in [5.41, 5.74) is 15.2. The molecule has 0 spiro atoms. The van der Waals surface area contributed by atoms with Gasteiger partial charge in [0.1, 0.15) is 0 Å². The van der Waals surface area contributed by atoms with Crippen LogP contribution in [0.2, 0.25) is 0 Å². The van der Waals surface area contributed by atoms with Gasteiger partial charge < -0.3 is 9.80 Å². The van der Waals surface area contributed by atoms with Crippen molar-refractivity contribution in [3.63, 3.8) is 0 Å². The lowest BCUT2D eigenvalue weighted by Crippen LogP contribution is -2.19. The normalized spacial score (nSPS) is 12.9. The molecule has 0 atom stereocenters. The third kappa shape index (κ3) is 3.41. The van der Waals surface area contributed by atoms with E-state index in [1.165, 1.54) is 99.6 Å². The molecule has 10 rings (SSSR count). The second-order valence-corrected chi connectivity index (χ2v) is 12.6. The Morgan fingerprint density at radius 1 is 0.326 bits per heavy atom. The highest BCUT2D eigenvalue weighted by molar-refractivity contribution is 6.23. The number of benzene rings is 8. The fourth-order valence-electron chi connectivity index (χ4n) is 8.09. The Bertz CT molecular complexity index is 2390. The highest BCUT2D eigenvalue weighted by atomic mass is 15.1. The highest BCUT2D eigenvalue weighted by Gasteiger charge is 2.30. The van der Waals surface area contributed by atoms with Crippen LogP contribution < -0.4 is 9.80 Å². The molecule has 0 aliphatic carbocycles. The molecular weight excluding hydrogens is 556 g/mol. The molecule has 8 aromatic carbocycles. The molecule has 46 heavy (non-hydrogen) atoms. The van der Waals surface area contributed by atoms with Gasteiger partial charge in [-0.25, -0.2) is 0 Å². The summed E-state index contributed by atoms with van der Waals surface area (Å²) >= 11 is 0. The quantitative estimate of drug-likeness (QED) is 0.199. The second-order valence-electron chi connectivity index (χ2n) is 12.6. The molecule has 0 unspecified atom stereocenters. The Balaban J connectivity index is 1.15. The molecule has 0 amide bonds. The van der Waals surface area contributed by atoms with E-state index in [1.807, 2.05) is 0 Å². The summed E-state index contributed by atoms with van der Waals surface area (Å²) in [6.07, 6.45) is 0. The molecule has 0 radical (unpaired) electrons. The van der Waals surface area contributed by atoms with Gasteiger partial charge in [-0.3, -0.25) is 0 Å². The van der Waals surface area contributed by atoms with Crippen LogP contribution in [0.4, 0.5) is 22.7 Å². The average Bonchev–Trinajstić information content (AvgIpc) is 3.12. The molecular formula is C44H30N2. The van der Waals surface area contributed by atoms with E-state index >= 15 is 0 Å². The largest absolute Gasteiger partial charge is 0.344 e. The van der Waals surface area contributed by atoms with Gasteiger partial charge in [-0.2, -0.15) is 0 Å². The zero-order valence-electron chi connectivity index (χ0n) is 25.8. The number of nitrogens with zero attached hydrogens (tertiary/aromatic N) is 2. The predicted molar refractivity (Wildman–Crippen MR) is 197 cm³/mol. The third-order valence-corrected chi connectivity index (χ3v) is 10.3. The number of anilines is 4. The minimum absolute atomic E-state index is 1.24. The number of hydrogen-bond donors (Lipinski definition) is 0. The van der Waals surface area contributed by atoms with Gasteiger partial charge in [0.15, 0.2) is 0 Å². The summed E-state index contributed by atoms with van der Waals surface area (Å²) in [4.78, 5) is 4.78. The van der Waals surface area contributed by atoms with Crippen molar-refractivity contribution in [3.8, 4) is 44.5 Å². The van der Waals surface area contributed by atoms with Gasteiger partial charge in [-0.1, -0.05) is 121 Å². The van der Waals surface area contributed by atoms with Crippen LogP contribution in [0.3, 0.4) is 0 Å². The topological polar surface area (TPSA) is 6.48 Å². The van der Waals surface area contributed by atoms with Crippen molar-refractivity contribution in [2.24, 2.45) is 0 Å². The Labute approximate surface area is 268 Å². The van der Waals surface area contributed by atoms with Crippen molar-refractivity contribution < 1.29 is 0 Å². The van der Waals surface area contributed by atoms with Crippen molar-refractivity contribution in [3.05, 3.63) is 146 Å². The summed E-state index contributed by atoms with van der Waals surface area (Å²) in [6, 6.07) is 53.8. The van der Waals surface area contributed by atoms with E-state index in [9.17, 15) is 0 Å². The van der Waals surface area contributed by atoms with Crippen molar-refractivity contribution in [1.29, 1.82) is 0 Å². The second kappa shape index (κ2) is 9.32. The first-order valence-electron chi connectivity index (χ1n) is 16.0. The molecule has 2 aliphatic rings. The summed E-state index contributed by atoms with van der Waals surface area (Å²) in [5.74, 6) is 0. The first-order valence-corrected chi connectivity index (χ1v) is 16.0. The van der Waals surface area contributed by atoms with Crippen LogP contribution in [-0.4, -0.2) is 14.1 Å². The molecule has 216 valence electrons. The summed E-state index contributed by atoms with van der Waals surface area (Å²) < 4.78 is 0. The van der Waals surface area contributed by atoms with E-state index in [2.05, 4.69) is 169 Å². The first-order chi connectivity index (χ1) is 22.7. The monoisotopic (exact) mass is 586 g/mol. The number of rotatable bonds is 2. The molecule has 2 heteroatoms. The minimum Gasteiger partial charge on any atom is -0.344 e. The van der Waals surface area contributed by atoms with Crippen molar-refractivity contribution in [2.75, 3.05) is 23.9 Å². The van der Waals surface area contributed by atoms with Gasteiger partial charge in [-0.05, 0) is 79.2 Å². The Kier molecular flexibility index (Phi) is 5.16. The van der Waals surface area contributed by atoms with Gasteiger partial charge >= 0.3 is 0 Å². The zero-order valence-corrected chi connectivity index (χ0v) is 25.8. The van der Waals surface area contributed by atoms with E-state index in [-0.39, 0.29) is 0 Å². The molecule has 8 aromatic rings. The van der Waals surface area contributed by atoms with Crippen LogP contribution in [0, 0.1) is 0 Å². The fourth-order valence-corrected chi connectivity index (χ4v) is 8.09. The van der Waals surface area contributed by atoms with Crippen LogP contribution >= 0.6 is 0 Å². The molecule has 0 fully saturated rings. The smallest absolute Gasteiger partial charge is 0.0496 e. The van der Waals surface area contributed by atoms with E-state index in [0.29, 0.717) is 0 Å². The summed E-state index contributed by atoms with van der Waals surface area (Å²) in [6.45, 7) is 0. The fraction of sp³-hybridized carbons (Fsp3) is 0.0455. The van der Waals surface area contributed by atoms with Crippen LogP contribution in [0.5, 0.6) is 0 Å². The maximum Gasteiger partial charge on any atom is 0.0496 e. The van der Waals surface area contributed by atoms with Gasteiger partial charge in [0.25, 0.3) is 0 Å². The average molecular weight is 587 g/mol. The van der Waals surface area contributed by atoms with Crippen LogP contribution in [0.25, 0.3) is 76.8 Å². The van der Waals surface area contributed by atoms with Gasteiger partial charge in [-0.15, -0.1) is 0 Å². The Morgan fingerprint density at radius 3 is 1.22 bits per heavy atom. The standard InChI is InChI=1S/C44H30N2/c1-45-39-23-24-40-44-38(36-20-18-30(26-42(36)46(40)2)34-16-8-12-28-10-4-6-14-32(28)34)22-21-37(43(39)44)35-19-17-29(25-41(35)45)33-15-7-11-27-9-3-5-13-31(27)33/h3-26H,1-2H3. The minimum atomic E-state index is 1.24. The first kappa shape index (κ1) is 25.5. The van der Waals surface area contributed by atoms with E-state index < -0.39 is 0 Å². The molecule has 0 saturated heterocycles. The maximum atomic E-state index is 2.39. The third-order valence-electron chi connectivity index (χ3n) is 10.3. The lowest BCUT2D eigenvalue weighted by molar-refractivity contribution is 1.19. The molecule has 2 aliphatic heterocycles. The lowest BCUT2D eigenvalue weighted by atomic mass is 9.83. The highest BCUT2D eigenvalue weighted by Crippen LogP contribution is 2.56. The van der Waals surface area contributed by atoms with Crippen LogP contribution in [0.1, 0.15) is 0 Å². The van der Waals surface area contributed by atoms with Crippen molar-refractivity contribution in [2.45, 2.75) is 0 Å². The van der Waals surface area contributed by atoms with Crippen molar-refractivity contribution >= 4 is 55.1 Å². The van der Waals surface area contributed by atoms with Crippen LogP contribution in [0.15, 0.2) is 146 Å². The SMILES string of the molecule is CN1c2cc(-c3cccc4ccccc34)ccc2-c2ccc3c4c(ccc1c24)N(C)c1cc(-c2cccc4ccccc24)ccc1-3. The van der Waals surface area contributed by atoms with Crippen molar-refractivity contribution in [1.82, 2.24) is 0 Å². The van der Waals surface area contributed by atoms with Crippen LogP contribution in [-0.2, 0) is 0 Å². The zero-order chi connectivity index (χ0) is 30.5. The molecule has 0 N–H and O–H groups in total. The molecule has 2 heterocycles. The predicted octanol–water partition coefficient (Wildman–Crippen LogP) is 12.0. The van der Waals surface area contributed by atoms with Gasteiger partial charge in [0, 0.05) is 58.7 Å². The van der Waals surface area contributed by atoms with Gasteiger partial charge in [0.05, 0.1) is 0 Å². The van der Waals surface area contributed by atoms with E-state index in [0.717, 1.165) is 0 Å². The summed E-state index contributed by atoms with van der Waals surface area (Å²) in [5, 5.41) is 7.77. The molecule has 2 nitrogen and oxygen atoms in total.